The zero-order chi connectivity index (χ0) is 24.0. The Bertz CT molecular complexity index is 826. The number of aliphatic hydroxyl groups excluding tert-OH is 1. The van der Waals surface area contributed by atoms with Crippen LogP contribution in [-0.2, 0) is 4.74 Å². The molecular formula is C29H50N2O2. The molecule has 3 saturated carbocycles. The number of nitrogens with two attached hydrogens (primary N) is 1. The van der Waals surface area contributed by atoms with Gasteiger partial charge in [-0.3, -0.25) is 11.3 Å². The molecule has 0 radical (unpaired) electrons. The minimum absolute atomic E-state index is 0.00476. The van der Waals surface area contributed by atoms with Gasteiger partial charge in [0, 0.05) is 16.9 Å². The Hall–Kier alpha value is -0.420. The number of fused-ring (bicyclic) bond motifs is 3. The lowest BCUT2D eigenvalue weighted by Gasteiger charge is -2.71. The van der Waals surface area contributed by atoms with E-state index in [2.05, 4.69) is 60.0 Å². The molecule has 4 heteroatoms. The van der Waals surface area contributed by atoms with Gasteiger partial charge in [-0.05, 0) is 92.3 Å². The SMILES string of the molecule is CC(C)CC1(C)CCC2(C)C3CCC4C5(C)COC(C)C4(CC(NN)C5O)C3=CCC2(C)C1. The van der Waals surface area contributed by atoms with Crippen LogP contribution in [0.5, 0.6) is 0 Å². The number of aliphatic hydroxyl groups is 1. The summed E-state index contributed by atoms with van der Waals surface area (Å²) in [5.41, 5.74) is 5.61. The number of rotatable bonds is 3. The van der Waals surface area contributed by atoms with Crippen molar-refractivity contribution < 1.29 is 9.84 Å². The maximum atomic E-state index is 11.3. The van der Waals surface area contributed by atoms with E-state index in [1.807, 2.05) is 0 Å². The summed E-state index contributed by atoms with van der Waals surface area (Å²) in [6.45, 7) is 17.8. The van der Waals surface area contributed by atoms with Crippen molar-refractivity contribution >= 4 is 0 Å². The van der Waals surface area contributed by atoms with Crippen molar-refractivity contribution in [2.75, 3.05) is 6.61 Å². The first-order valence-corrected chi connectivity index (χ1v) is 13.8. The van der Waals surface area contributed by atoms with Crippen molar-refractivity contribution in [1.29, 1.82) is 0 Å². The van der Waals surface area contributed by atoms with Crippen molar-refractivity contribution in [2.24, 2.45) is 50.7 Å². The second-order valence-electron chi connectivity index (χ2n) is 14.5. The number of ether oxygens (including phenoxy) is 1. The minimum Gasteiger partial charge on any atom is -0.391 e. The van der Waals surface area contributed by atoms with Crippen LogP contribution in [0.4, 0.5) is 0 Å². The van der Waals surface area contributed by atoms with Crippen LogP contribution in [0.15, 0.2) is 11.6 Å². The predicted octanol–water partition coefficient (Wildman–Crippen LogP) is 5.60. The van der Waals surface area contributed by atoms with E-state index in [0.717, 1.165) is 12.3 Å². The number of hydrazine groups is 1. The molecule has 0 amide bonds. The van der Waals surface area contributed by atoms with Crippen molar-refractivity contribution in [2.45, 2.75) is 118 Å². The second kappa shape index (κ2) is 7.54. The van der Waals surface area contributed by atoms with Gasteiger partial charge in [-0.1, -0.05) is 53.2 Å². The topological polar surface area (TPSA) is 67.5 Å². The Morgan fingerprint density at radius 1 is 1.18 bits per heavy atom. The van der Waals surface area contributed by atoms with Crippen LogP contribution in [0.1, 0.15) is 99.8 Å². The van der Waals surface area contributed by atoms with Gasteiger partial charge in [-0.25, -0.2) is 0 Å². The summed E-state index contributed by atoms with van der Waals surface area (Å²) in [5.74, 6) is 7.90. The maximum Gasteiger partial charge on any atom is 0.0785 e. The smallest absolute Gasteiger partial charge is 0.0785 e. The molecule has 5 aliphatic rings. The summed E-state index contributed by atoms with van der Waals surface area (Å²) in [4.78, 5) is 0. The molecule has 4 fully saturated rings. The number of allylic oxidation sites excluding steroid dienone is 1. The van der Waals surface area contributed by atoms with Gasteiger partial charge in [-0.15, -0.1) is 0 Å². The summed E-state index contributed by atoms with van der Waals surface area (Å²) >= 11 is 0. The van der Waals surface area contributed by atoms with Crippen LogP contribution < -0.4 is 11.3 Å². The van der Waals surface area contributed by atoms with E-state index >= 15 is 0 Å². The maximum absolute atomic E-state index is 11.3. The summed E-state index contributed by atoms with van der Waals surface area (Å²) < 4.78 is 6.52. The van der Waals surface area contributed by atoms with Crippen LogP contribution in [0.3, 0.4) is 0 Å². The van der Waals surface area contributed by atoms with Gasteiger partial charge in [-0.2, -0.15) is 0 Å². The molecule has 0 aromatic rings. The average Bonchev–Trinajstić information content (AvgIpc) is 2.74. The van der Waals surface area contributed by atoms with Gasteiger partial charge in [0.05, 0.1) is 18.8 Å². The van der Waals surface area contributed by atoms with Crippen molar-refractivity contribution in [3.05, 3.63) is 11.6 Å². The quantitative estimate of drug-likeness (QED) is 0.293. The molecule has 1 heterocycles. The van der Waals surface area contributed by atoms with E-state index in [-0.39, 0.29) is 23.0 Å². The van der Waals surface area contributed by atoms with E-state index in [1.165, 1.54) is 44.9 Å². The van der Waals surface area contributed by atoms with E-state index in [9.17, 15) is 5.11 Å². The van der Waals surface area contributed by atoms with E-state index < -0.39 is 6.10 Å². The highest BCUT2D eigenvalue weighted by molar-refractivity contribution is 5.36. The second-order valence-corrected chi connectivity index (χ2v) is 14.5. The van der Waals surface area contributed by atoms with Crippen molar-refractivity contribution in [3.8, 4) is 0 Å². The highest BCUT2D eigenvalue weighted by Gasteiger charge is 2.70. The Kier molecular flexibility index (Phi) is 5.55. The zero-order valence-electron chi connectivity index (χ0n) is 22.3. The molecule has 33 heavy (non-hydrogen) atoms. The Morgan fingerprint density at radius 2 is 1.91 bits per heavy atom. The number of hydrogen-bond donors (Lipinski definition) is 3. The third-order valence-corrected chi connectivity index (χ3v) is 12.2. The molecule has 0 aromatic carbocycles. The lowest BCUT2D eigenvalue weighted by Crippen LogP contribution is -2.72. The van der Waals surface area contributed by atoms with E-state index in [1.54, 1.807) is 5.57 Å². The standard InChI is InChI=1S/C29H50N2O2/c1-18(2)14-25(4)12-13-28(7)20-8-9-23-27(6)17-33-19(3)29(23,15-22(31-30)24(27)32)21(20)10-11-26(28,5)16-25/h10,18-20,22-24,31-32H,8-9,11-17,30H2,1-7H3. The van der Waals surface area contributed by atoms with Crippen LogP contribution in [0.2, 0.25) is 0 Å². The van der Waals surface area contributed by atoms with Crippen LogP contribution in [0, 0.1) is 44.8 Å². The molecule has 4 nitrogen and oxygen atoms in total. The van der Waals surface area contributed by atoms with E-state index in [4.69, 9.17) is 10.6 Å². The molecule has 0 aromatic heterocycles. The predicted molar refractivity (Wildman–Crippen MR) is 134 cm³/mol. The van der Waals surface area contributed by atoms with E-state index in [0.29, 0.717) is 34.7 Å². The largest absolute Gasteiger partial charge is 0.391 e. The molecule has 1 aliphatic heterocycles. The molecule has 10 unspecified atom stereocenters. The lowest BCUT2D eigenvalue weighted by molar-refractivity contribution is -0.254. The molecular weight excluding hydrogens is 408 g/mol. The molecule has 4 aliphatic carbocycles. The minimum atomic E-state index is -0.457. The number of nitrogens with one attached hydrogen (secondary N) is 1. The fraction of sp³-hybridized carbons (Fsp3) is 0.931. The zero-order valence-corrected chi connectivity index (χ0v) is 22.3. The summed E-state index contributed by atoms with van der Waals surface area (Å²) in [6, 6.07) is -0.0703. The molecule has 4 N–H and O–H groups in total. The fourth-order valence-electron chi connectivity index (χ4n) is 10.5. The van der Waals surface area contributed by atoms with Crippen LogP contribution in [-0.4, -0.2) is 30.0 Å². The summed E-state index contributed by atoms with van der Waals surface area (Å²) in [7, 11) is 0. The first-order valence-electron chi connectivity index (χ1n) is 13.8. The third kappa shape index (κ3) is 3.09. The lowest BCUT2D eigenvalue weighted by atomic mass is 9.36. The highest BCUT2D eigenvalue weighted by atomic mass is 16.5. The Morgan fingerprint density at radius 3 is 2.58 bits per heavy atom. The fourth-order valence-corrected chi connectivity index (χ4v) is 10.5. The molecule has 5 rings (SSSR count). The average molecular weight is 459 g/mol. The van der Waals surface area contributed by atoms with Gasteiger partial charge in [0.2, 0.25) is 0 Å². The molecule has 1 saturated heterocycles. The monoisotopic (exact) mass is 458 g/mol. The third-order valence-electron chi connectivity index (χ3n) is 12.2. The first-order chi connectivity index (χ1) is 15.4. The summed E-state index contributed by atoms with van der Waals surface area (Å²) in [6.07, 6.45) is 12.3. The van der Waals surface area contributed by atoms with Gasteiger partial charge >= 0.3 is 0 Å². The van der Waals surface area contributed by atoms with Gasteiger partial charge in [0.1, 0.15) is 0 Å². The molecule has 0 spiro atoms. The van der Waals surface area contributed by atoms with Gasteiger partial charge in [0.15, 0.2) is 0 Å². The first kappa shape index (κ1) is 24.3. The Balaban J connectivity index is 1.58. The van der Waals surface area contributed by atoms with Crippen LogP contribution >= 0.6 is 0 Å². The normalized spacial score (nSPS) is 55.9. The number of hydrogen-bond acceptors (Lipinski definition) is 4. The van der Waals surface area contributed by atoms with Gasteiger partial charge < -0.3 is 9.84 Å². The van der Waals surface area contributed by atoms with Crippen molar-refractivity contribution in [3.63, 3.8) is 0 Å². The molecule has 10 atom stereocenters. The Labute approximate surface area is 202 Å². The highest BCUT2D eigenvalue weighted by Crippen LogP contribution is 2.73. The summed E-state index contributed by atoms with van der Waals surface area (Å²) in [5, 5.41) is 11.3. The van der Waals surface area contributed by atoms with Gasteiger partial charge in [0.25, 0.3) is 0 Å². The van der Waals surface area contributed by atoms with Crippen LogP contribution in [0.25, 0.3) is 0 Å². The molecule has 2 bridgehead atoms. The van der Waals surface area contributed by atoms with Crippen molar-refractivity contribution in [1.82, 2.24) is 5.43 Å². The molecule has 188 valence electrons.